The predicted molar refractivity (Wildman–Crippen MR) is 79.8 cm³/mol. The lowest BCUT2D eigenvalue weighted by Gasteiger charge is -2.25. The molecule has 0 radical (unpaired) electrons. The molecule has 0 saturated carbocycles. The van der Waals surface area contributed by atoms with Gasteiger partial charge in [-0.25, -0.2) is 12.7 Å². The van der Waals surface area contributed by atoms with Gasteiger partial charge in [0.25, 0.3) is 0 Å². The van der Waals surface area contributed by atoms with E-state index >= 15 is 0 Å². The Morgan fingerprint density at radius 2 is 2.11 bits per heavy atom. The Labute approximate surface area is 118 Å². The van der Waals surface area contributed by atoms with Crippen LogP contribution in [0.4, 0.5) is 0 Å². The van der Waals surface area contributed by atoms with Crippen molar-refractivity contribution < 1.29 is 8.42 Å². The molecule has 0 amide bonds. The Morgan fingerprint density at radius 3 is 2.63 bits per heavy atom. The summed E-state index contributed by atoms with van der Waals surface area (Å²) in [5.74, 6) is 0.236. The molecule has 1 aliphatic rings. The number of likely N-dealkylation sites (N-methyl/N-ethyl adjacent to an activating group) is 2. The molecule has 1 rings (SSSR count). The molecule has 1 fully saturated rings. The third kappa shape index (κ3) is 5.77. The van der Waals surface area contributed by atoms with E-state index in [9.17, 15) is 8.42 Å². The van der Waals surface area contributed by atoms with E-state index in [0.717, 1.165) is 19.5 Å². The Bertz CT molecular complexity index is 357. The molecule has 0 spiro atoms. The molecule has 0 aromatic heterocycles. The first-order valence-corrected chi connectivity index (χ1v) is 8.81. The van der Waals surface area contributed by atoms with E-state index in [2.05, 4.69) is 31.1 Å². The summed E-state index contributed by atoms with van der Waals surface area (Å²) < 4.78 is 25.8. The van der Waals surface area contributed by atoms with Crippen LogP contribution in [0.1, 0.15) is 33.1 Å². The first-order valence-electron chi connectivity index (χ1n) is 7.20. The lowest BCUT2D eigenvalue weighted by Crippen LogP contribution is -2.40. The topological polar surface area (TPSA) is 52.7 Å². The molecule has 1 unspecified atom stereocenters. The largest absolute Gasteiger partial charge is 0.314 e. The minimum absolute atomic E-state index is 0.236. The van der Waals surface area contributed by atoms with Gasteiger partial charge >= 0.3 is 0 Å². The van der Waals surface area contributed by atoms with Crippen LogP contribution in [0.15, 0.2) is 0 Å². The van der Waals surface area contributed by atoms with Crippen molar-refractivity contribution in [3.63, 3.8) is 0 Å². The summed E-state index contributed by atoms with van der Waals surface area (Å²) >= 11 is 0. The zero-order valence-electron chi connectivity index (χ0n) is 12.7. The maximum atomic E-state index is 12.1. The zero-order chi connectivity index (χ0) is 14.5. The van der Waals surface area contributed by atoms with Gasteiger partial charge in [0.1, 0.15) is 0 Å². The summed E-state index contributed by atoms with van der Waals surface area (Å²) in [6.07, 6.45) is 2.95. The van der Waals surface area contributed by atoms with Crippen LogP contribution in [0.2, 0.25) is 0 Å². The third-order valence-electron chi connectivity index (χ3n) is 3.75. The van der Waals surface area contributed by atoms with Crippen LogP contribution in [0.3, 0.4) is 0 Å². The second-order valence-corrected chi connectivity index (χ2v) is 8.03. The molecular formula is C13H29N3O2S. The molecule has 6 heteroatoms. The minimum atomic E-state index is -3.10. The second kappa shape index (κ2) is 7.57. The quantitative estimate of drug-likeness (QED) is 0.670. The van der Waals surface area contributed by atoms with E-state index in [1.165, 1.54) is 10.7 Å². The second-order valence-electron chi connectivity index (χ2n) is 5.84. The van der Waals surface area contributed by atoms with Gasteiger partial charge < -0.3 is 10.2 Å². The van der Waals surface area contributed by atoms with Crippen LogP contribution < -0.4 is 5.32 Å². The van der Waals surface area contributed by atoms with Crippen LogP contribution in [-0.4, -0.2) is 69.2 Å². The molecule has 1 atom stereocenters. The van der Waals surface area contributed by atoms with Crippen LogP contribution in [0, 0.1) is 0 Å². The molecule has 0 aromatic carbocycles. The Morgan fingerprint density at radius 1 is 1.42 bits per heavy atom. The van der Waals surface area contributed by atoms with Gasteiger partial charge in [-0.1, -0.05) is 13.8 Å². The normalized spacial score (nSPS) is 21.7. The minimum Gasteiger partial charge on any atom is -0.314 e. The van der Waals surface area contributed by atoms with Crippen molar-refractivity contribution in [2.45, 2.75) is 45.2 Å². The fourth-order valence-electron chi connectivity index (χ4n) is 2.42. The summed E-state index contributed by atoms with van der Waals surface area (Å²) in [4.78, 5) is 2.26. The number of rotatable bonds is 8. The fraction of sp³-hybridized carbons (Fsp3) is 1.00. The summed E-state index contributed by atoms with van der Waals surface area (Å²) in [6.45, 7) is 6.59. The summed E-state index contributed by atoms with van der Waals surface area (Å²) in [5.41, 5.74) is 0. The molecule has 114 valence electrons. The Hall–Kier alpha value is -0.170. The van der Waals surface area contributed by atoms with Crippen molar-refractivity contribution in [2.24, 2.45) is 0 Å². The summed E-state index contributed by atoms with van der Waals surface area (Å²) in [7, 11) is 0.677. The van der Waals surface area contributed by atoms with Crippen molar-refractivity contribution >= 4 is 10.0 Å². The van der Waals surface area contributed by atoms with Crippen molar-refractivity contribution in [2.75, 3.05) is 39.5 Å². The molecular weight excluding hydrogens is 262 g/mol. The van der Waals surface area contributed by atoms with Crippen molar-refractivity contribution in [3.05, 3.63) is 0 Å². The molecule has 0 aliphatic carbocycles. The molecule has 1 heterocycles. The predicted octanol–water partition coefficient (Wildman–Crippen LogP) is 0.730. The van der Waals surface area contributed by atoms with E-state index in [0.29, 0.717) is 25.0 Å². The highest BCUT2D eigenvalue weighted by Crippen LogP contribution is 2.16. The first-order chi connectivity index (χ1) is 8.83. The van der Waals surface area contributed by atoms with Gasteiger partial charge in [0, 0.05) is 25.7 Å². The van der Waals surface area contributed by atoms with Gasteiger partial charge in [-0.05, 0) is 39.4 Å². The SMILES string of the molecule is CC(C)NCCCS(=O)(=O)N(C)CC1CCCN1C. The van der Waals surface area contributed by atoms with Crippen molar-refractivity contribution in [1.29, 1.82) is 0 Å². The van der Waals surface area contributed by atoms with Gasteiger partial charge in [-0.15, -0.1) is 0 Å². The zero-order valence-corrected chi connectivity index (χ0v) is 13.5. The highest BCUT2D eigenvalue weighted by molar-refractivity contribution is 7.89. The highest BCUT2D eigenvalue weighted by atomic mass is 32.2. The molecule has 1 N–H and O–H groups in total. The third-order valence-corrected chi connectivity index (χ3v) is 5.65. The molecule has 0 bridgehead atoms. The first kappa shape index (κ1) is 16.9. The van der Waals surface area contributed by atoms with E-state index in [1.54, 1.807) is 7.05 Å². The average molecular weight is 291 g/mol. The standard InChI is InChI=1S/C13H29N3O2S/c1-12(2)14-8-6-10-19(17,18)16(4)11-13-7-5-9-15(13)3/h12-14H,5-11H2,1-4H3. The van der Waals surface area contributed by atoms with Crippen LogP contribution in [0.5, 0.6) is 0 Å². The number of hydrogen-bond donors (Lipinski definition) is 1. The lowest BCUT2D eigenvalue weighted by atomic mass is 10.2. The summed E-state index contributed by atoms with van der Waals surface area (Å²) in [6, 6.07) is 0.793. The van der Waals surface area contributed by atoms with Crippen LogP contribution in [-0.2, 0) is 10.0 Å². The molecule has 1 saturated heterocycles. The van der Waals surface area contributed by atoms with E-state index in [1.807, 2.05) is 0 Å². The Kier molecular flexibility index (Phi) is 6.73. The molecule has 0 aromatic rings. The molecule has 5 nitrogen and oxygen atoms in total. The van der Waals surface area contributed by atoms with Gasteiger partial charge in [0.15, 0.2) is 0 Å². The van der Waals surface area contributed by atoms with Gasteiger partial charge in [-0.2, -0.15) is 0 Å². The van der Waals surface area contributed by atoms with Gasteiger partial charge in [0.05, 0.1) is 5.75 Å². The number of sulfonamides is 1. The maximum absolute atomic E-state index is 12.1. The van der Waals surface area contributed by atoms with Crippen LogP contribution in [0.25, 0.3) is 0 Å². The lowest BCUT2D eigenvalue weighted by molar-refractivity contribution is 0.271. The Balaban J connectivity index is 2.34. The molecule has 1 aliphatic heterocycles. The fourth-order valence-corrected chi connectivity index (χ4v) is 3.64. The smallest absolute Gasteiger partial charge is 0.213 e. The van der Waals surface area contributed by atoms with Crippen molar-refractivity contribution in [3.8, 4) is 0 Å². The van der Waals surface area contributed by atoms with E-state index < -0.39 is 10.0 Å². The number of hydrogen-bond acceptors (Lipinski definition) is 4. The molecule has 19 heavy (non-hydrogen) atoms. The highest BCUT2D eigenvalue weighted by Gasteiger charge is 2.26. The number of nitrogens with zero attached hydrogens (tertiary/aromatic N) is 2. The van der Waals surface area contributed by atoms with Crippen molar-refractivity contribution in [1.82, 2.24) is 14.5 Å². The monoisotopic (exact) mass is 291 g/mol. The van der Waals surface area contributed by atoms with Gasteiger partial charge in [-0.3, -0.25) is 0 Å². The summed E-state index contributed by atoms with van der Waals surface area (Å²) in [5, 5.41) is 3.25. The van der Waals surface area contributed by atoms with Gasteiger partial charge in [0.2, 0.25) is 10.0 Å². The maximum Gasteiger partial charge on any atom is 0.213 e. The average Bonchev–Trinajstić information content (AvgIpc) is 2.70. The van der Waals surface area contributed by atoms with E-state index in [-0.39, 0.29) is 5.75 Å². The number of likely N-dealkylation sites (tertiary alicyclic amines) is 1. The van der Waals surface area contributed by atoms with E-state index in [4.69, 9.17) is 0 Å². The number of nitrogens with one attached hydrogen (secondary N) is 1. The van der Waals surface area contributed by atoms with Crippen LogP contribution >= 0.6 is 0 Å².